The van der Waals surface area contributed by atoms with Crippen molar-refractivity contribution in [3.8, 4) is 5.75 Å². The van der Waals surface area contributed by atoms with Crippen LogP contribution in [0, 0.1) is 0 Å². The van der Waals surface area contributed by atoms with Gasteiger partial charge < -0.3 is 15.8 Å². The van der Waals surface area contributed by atoms with Crippen LogP contribution >= 0.6 is 12.4 Å². The van der Waals surface area contributed by atoms with E-state index in [0.717, 1.165) is 36.3 Å². The summed E-state index contributed by atoms with van der Waals surface area (Å²) in [6.07, 6.45) is 3.58. The maximum Gasteiger partial charge on any atom is 0.221 e. The molecule has 0 aromatic heterocycles. The first-order valence-electron chi connectivity index (χ1n) is 8.88. The summed E-state index contributed by atoms with van der Waals surface area (Å²) in [6, 6.07) is 14.0. The molecule has 2 unspecified atom stereocenters. The molecule has 1 amide bonds. The lowest BCUT2D eigenvalue weighted by molar-refractivity contribution is -0.122. The molecule has 0 spiro atoms. The zero-order valence-corrected chi connectivity index (χ0v) is 16.1. The summed E-state index contributed by atoms with van der Waals surface area (Å²) >= 11 is 0. The average molecular weight is 375 g/mol. The number of fused-ring (bicyclic) bond motifs is 1. The van der Waals surface area contributed by atoms with E-state index in [2.05, 4.69) is 18.3 Å². The highest BCUT2D eigenvalue weighted by molar-refractivity contribution is 5.85. The maximum absolute atomic E-state index is 12.5. The molecule has 2 aromatic carbocycles. The van der Waals surface area contributed by atoms with Gasteiger partial charge in [-0.25, -0.2) is 0 Å². The smallest absolute Gasteiger partial charge is 0.221 e. The molecule has 5 heteroatoms. The Morgan fingerprint density at radius 1 is 1.27 bits per heavy atom. The van der Waals surface area contributed by atoms with Crippen LogP contribution in [0.15, 0.2) is 42.5 Å². The van der Waals surface area contributed by atoms with Gasteiger partial charge in [-0.15, -0.1) is 12.4 Å². The maximum atomic E-state index is 12.5. The number of methoxy groups -OCH3 is 1. The van der Waals surface area contributed by atoms with E-state index in [4.69, 9.17) is 10.5 Å². The van der Waals surface area contributed by atoms with Crippen molar-refractivity contribution in [2.45, 2.75) is 44.6 Å². The lowest BCUT2D eigenvalue weighted by atomic mass is 9.87. The summed E-state index contributed by atoms with van der Waals surface area (Å²) in [7, 11) is 1.65. The van der Waals surface area contributed by atoms with Crippen molar-refractivity contribution in [3.05, 3.63) is 59.2 Å². The van der Waals surface area contributed by atoms with Gasteiger partial charge in [-0.2, -0.15) is 0 Å². The number of nitrogens with one attached hydrogen (secondary N) is 1. The van der Waals surface area contributed by atoms with E-state index in [1.54, 1.807) is 7.11 Å². The third kappa shape index (κ3) is 4.70. The molecule has 26 heavy (non-hydrogen) atoms. The number of hydrogen-bond donors (Lipinski definition) is 2. The Labute approximate surface area is 161 Å². The molecule has 0 bridgehead atoms. The van der Waals surface area contributed by atoms with Crippen molar-refractivity contribution in [1.82, 2.24) is 5.32 Å². The Morgan fingerprint density at radius 3 is 2.69 bits per heavy atom. The van der Waals surface area contributed by atoms with Gasteiger partial charge in [0, 0.05) is 12.1 Å². The number of halogens is 1. The van der Waals surface area contributed by atoms with Gasteiger partial charge in [-0.05, 0) is 66.1 Å². The second kappa shape index (κ2) is 8.95. The molecule has 140 valence electrons. The van der Waals surface area contributed by atoms with Gasteiger partial charge in [0.25, 0.3) is 0 Å². The number of rotatable bonds is 5. The summed E-state index contributed by atoms with van der Waals surface area (Å²) in [5, 5.41) is 3.21. The average Bonchev–Trinajstić information content (AvgIpc) is 2.61. The molecule has 0 fully saturated rings. The molecule has 2 aromatic rings. The quantitative estimate of drug-likeness (QED) is 0.763. The number of benzene rings is 2. The number of amides is 1. The van der Waals surface area contributed by atoms with E-state index >= 15 is 0 Å². The molecule has 0 saturated carbocycles. The van der Waals surface area contributed by atoms with Gasteiger partial charge in [0.15, 0.2) is 0 Å². The molecule has 0 radical (unpaired) electrons. The van der Waals surface area contributed by atoms with Crippen molar-refractivity contribution in [3.63, 3.8) is 0 Å². The first kappa shape index (κ1) is 20.1. The molecule has 3 N–H and O–H groups in total. The monoisotopic (exact) mass is 374 g/mol. The van der Waals surface area contributed by atoms with E-state index in [-0.39, 0.29) is 30.3 Å². The fourth-order valence-electron chi connectivity index (χ4n) is 3.57. The molecule has 0 saturated heterocycles. The lowest BCUT2D eigenvalue weighted by Crippen LogP contribution is -2.31. The number of carbonyl (C=O) groups is 1. The van der Waals surface area contributed by atoms with E-state index < -0.39 is 0 Å². The first-order valence-corrected chi connectivity index (χ1v) is 8.88. The molecule has 0 heterocycles. The zero-order chi connectivity index (χ0) is 17.8. The molecule has 2 atom stereocenters. The number of nitrogens with two attached hydrogens (primary N) is 1. The van der Waals surface area contributed by atoms with Crippen LogP contribution in [0.3, 0.4) is 0 Å². The Hall–Kier alpha value is -2.20. The van der Waals surface area contributed by atoms with E-state index in [1.807, 2.05) is 36.4 Å². The Balaban J connectivity index is 0.00000243. The van der Waals surface area contributed by atoms with Gasteiger partial charge >= 0.3 is 0 Å². The summed E-state index contributed by atoms with van der Waals surface area (Å²) in [6.45, 7) is 2.08. The van der Waals surface area contributed by atoms with Gasteiger partial charge in [0.05, 0.1) is 13.2 Å². The molecule has 1 aliphatic carbocycles. The SMILES string of the molecule is COc1ccc(C(C)CC(=O)NC2CCCc3cc(N)ccc32)cc1.Cl. The van der Waals surface area contributed by atoms with Crippen LogP contribution in [0.25, 0.3) is 0 Å². The molecule has 1 aliphatic rings. The van der Waals surface area contributed by atoms with Crippen LogP contribution in [0.5, 0.6) is 5.75 Å². The molecule has 0 aliphatic heterocycles. The largest absolute Gasteiger partial charge is 0.497 e. The van der Waals surface area contributed by atoms with Crippen molar-refractivity contribution in [1.29, 1.82) is 0 Å². The highest BCUT2D eigenvalue weighted by atomic mass is 35.5. The van der Waals surface area contributed by atoms with Crippen molar-refractivity contribution in [2.75, 3.05) is 12.8 Å². The standard InChI is InChI=1S/C21H26N2O2.ClH/c1-14(15-6-9-18(25-2)10-7-15)12-21(24)23-20-5-3-4-16-13-17(22)8-11-19(16)20;/h6-11,13-14,20H,3-5,12,22H2,1-2H3,(H,23,24);1H. The summed E-state index contributed by atoms with van der Waals surface area (Å²) in [4.78, 5) is 12.5. The van der Waals surface area contributed by atoms with E-state index in [0.29, 0.717) is 6.42 Å². The first-order chi connectivity index (χ1) is 12.1. The second-order valence-corrected chi connectivity index (χ2v) is 6.85. The van der Waals surface area contributed by atoms with Gasteiger partial charge in [0.2, 0.25) is 5.91 Å². The number of hydrogen-bond acceptors (Lipinski definition) is 3. The fraction of sp³-hybridized carbons (Fsp3) is 0.381. The van der Waals surface area contributed by atoms with Crippen molar-refractivity contribution < 1.29 is 9.53 Å². The predicted octanol–water partition coefficient (Wildman–Crippen LogP) is 4.39. The molecule has 3 rings (SSSR count). The topological polar surface area (TPSA) is 64.3 Å². The number of anilines is 1. The van der Waals surface area contributed by atoms with Gasteiger partial charge in [-0.3, -0.25) is 4.79 Å². The Kier molecular flexibility index (Phi) is 6.92. The Bertz CT molecular complexity index is 746. The normalized spacial score (nSPS) is 16.8. The number of ether oxygens (including phenoxy) is 1. The number of nitrogen functional groups attached to an aromatic ring is 1. The predicted molar refractivity (Wildman–Crippen MR) is 108 cm³/mol. The van der Waals surface area contributed by atoms with Crippen molar-refractivity contribution in [2.24, 2.45) is 0 Å². The highest BCUT2D eigenvalue weighted by Crippen LogP contribution is 2.31. The Morgan fingerprint density at radius 2 is 2.00 bits per heavy atom. The van der Waals surface area contributed by atoms with Crippen LogP contribution in [0.1, 0.15) is 54.8 Å². The zero-order valence-electron chi connectivity index (χ0n) is 15.3. The minimum Gasteiger partial charge on any atom is -0.497 e. The van der Waals surface area contributed by atoms with E-state index in [9.17, 15) is 4.79 Å². The summed E-state index contributed by atoms with van der Waals surface area (Å²) < 4.78 is 5.18. The van der Waals surface area contributed by atoms with E-state index in [1.165, 1.54) is 11.1 Å². The lowest BCUT2D eigenvalue weighted by Gasteiger charge is -2.27. The summed E-state index contributed by atoms with van der Waals surface area (Å²) in [5.74, 6) is 1.09. The molecule has 4 nitrogen and oxygen atoms in total. The highest BCUT2D eigenvalue weighted by Gasteiger charge is 2.22. The third-order valence-corrected chi connectivity index (χ3v) is 4.99. The summed E-state index contributed by atoms with van der Waals surface area (Å²) in [5.41, 5.74) is 10.3. The molecular weight excluding hydrogens is 348 g/mol. The minimum absolute atomic E-state index is 0. The van der Waals surface area contributed by atoms with Crippen LogP contribution in [-0.2, 0) is 11.2 Å². The van der Waals surface area contributed by atoms with Gasteiger partial charge in [0.1, 0.15) is 5.75 Å². The van der Waals surface area contributed by atoms with Crippen molar-refractivity contribution >= 4 is 24.0 Å². The van der Waals surface area contributed by atoms with Crippen LogP contribution in [0.2, 0.25) is 0 Å². The van der Waals surface area contributed by atoms with Crippen LogP contribution in [0.4, 0.5) is 5.69 Å². The van der Waals surface area contributed by atoms with Gasteiger partial charge in [-0.1, -0.05) is 25.1 Å². The fourth-order valence-corrected chi connectivity index (χ4v) is 3.57. The minimum atomic E-state index is 0. The number of aryl methyl sites for hydroxylation is 1. The van der Waals surface area contributed by atoms with Crippen LogP contribution in [-0.4, -0.2) is 13.0 Å². The second-order valence-electron chi connectivity index (χ2n) is 6.85. The number of carbonyl (C=O) groups excluding carboxylic acids is 1. The molecular formula is C21H27ClN2O2. The third-order valence-electron chi connectivity index (χ3n) is 4.99. The van der Waals surface area contributed by atoms with Crippen LogP contribution < -0.4 is 15.8 Å².